The fourth-order valence-corrected chi connectivity index (χ4v) is 2.89. The second-order valence-corrected chi connectivity index (χ2v) is 7.08. The minimum absolute atomic E-state index is 0.0184. The molecule has 0 saturated heterocycles. The van der Waals surface area contributed by atoms with Gasteiger partial charge in [0.2, 0.25) is 5.71 Å². The van der Waals surface area contributed by atoms with E-state index in [4.69, 9.17) is 4.42 Å². The Morgan fingerprint density at radius 1 is 1.26 bits per heavy atom. The van der Waals surface area contributed by atoms with Crippen LogP contribution in [-0.2, 0) is 0 Å². The van der Waals surface area contributed by atoms with Gasteiger partial charge in [0.05, 0.1) is 29.4 Å². The van der Waals surface area contributed by atoms with E-state index in [9.17, 15) is 9.18 Å². The van der Waals surface area contributed by atoms with Crippen LogP contribution in [0.25, 0.3) is 11.1 Å². The number of aromatic nitrogens is 4. The van der Waals surface area contributed by atoms with Crippen molar-refractivity contribution in [3.63, 3.8) is 0 Å². The van der Waals surface area contributed by atoms with Gasteiger partial charge in [-0.3, -0.25) is 4.79 Å². The van der Waals surface area contributed by atoms with E-state index in [1.54, 1.807) is 13.8 Å². The molecule has 140 valence electrons. The maximum absolute atomic E-state index is 13.0. The Morgan fingerprint density at radius 3 is 2.63 bits per heavy atom. The van der Waals surface area contributed by atoms with Crippen LogP contribution in [0.4, 0.5) is 10.2 Å². The van der Waals surface area contributed by atoms with Gasteiger partial charge in [0, 0.05) is 5.54 Å². The number of rotatable bonds is 5. The number of amides is 1. The average molecular weight is 370 g/mol. The summed E-state index contributed by atoms with van der Waals surface area (Å²) in [4.78, 5) is 29.2. The SMILES string of the molecule is Cc1oc2ncnc(NC3(C)CC3)c2c1C(=O)N[C@@H](C)c1ncc(F)cn1. The van der Waals surface area contributed by atoms with Gasteiger partial charge in [0.25, 0.3) is 5.91 Å². The number of furan rings is 1. The topological polar surface area (TPSA) is 106 Å². The molecule has 0 spiro atoms. The minimum atomic E-state index is -0.532. The average Bonchev–Trinajstić information content (AvgIpc) is 3.23. The summed E-state index contributed by atoms with van der Waals surface area (Å²) >= 11 is 0. The van der Waals surface area contributed by atoms with Crippen LogP contribution < -0.4 is 10.6 Å². The lowest BCUT2D eigenvalue weighted by atomic mass is 10.1. The highest BCUT2D eigenvalue weighted by molar-refractivity contribution is 6.10. The van der Waals surface area contributed by atoms with Gasteiger partial charge in [-0.1, -0.05) is 0 Å². The molecule has 1 saturated carbocycles. The standard InChI is InChI=1S/C18H19FN6O2/c1-9(14-20-6-11(19)7-21-14)24-16(26)12-10(2)27-17-13(12)15(22-8-23-17)25-18(3)4-5-18/h6-9H,4-5H2,1-3H3,(H,24,26)(H,22,23,25)/t9-/m0/s1. The van der Waals surface area contributed by atoms with E-state index in [-0.39, 0.29) is 11.4 Å². The van der Waals surface area contributed by atoms with Gasteiger partial charge >= 0.3 is 0 Å². The highest BCUT2D eigenvalue weighted by Crippen LogP contribution is 2.40. The van der Waals surface area contributed by atoms with E-state index in [0.717, 1.165) is 25.2 Å². The molecule has 4 rings (SSSR count). The van der Waals surface area contributed by atoms with E-state index in [1.165, 1.54) is 6.33 Å². The molecule has 3 heterocycles. The first-order valence-corrected chi connectivity index (χ1v) is 8.67. The first-order chi connectivity index (χ1) is 12.9. The zero-order valence-corrected chi connectivity index (χ0v) is 15.2. The third-order valence-electron chi connectivity index (χ3n) is 4.69. The van der Waals surface area contributed by atoms with Gasteiger partial charge in [-0.25, -0.2) is 24.3 Å². The van der Waals surface area contributed by atoms with Crippen molar-refractivity contribution in [1.29, 1.82) is 0 Å². The first kappa shape index (κ1) is 17.3. The quantitative estimate of drug-likeness (QED) is 0.711. The Bertz CT molecular complexity index is 1010. The number of anilines is 1. The Morgan fingerprint density at radius 2 is 1.96 bits per heavy atom. The second kappa shape index (κ2) is 6.26. The number of nitrogens with one attached hydrogen (secondary N) is 2. The van der Waals surface area contributed by atoms with E-state index in [0.29, 0.717) is 34.1 Å². The van der Waals surface area contributed by atoms with Crippen molar-refractivity contribution in [3.05, 3.63) is 41.7 Å². The Labute approximate surface area is 154 Å². The molecule has 1 aliphatic rings. The van der Waals surface area contributed by atoms with Crippen molar-refractivity contribution in [2.45, 2.75) is 45.2 Å². The molecule has 1 fully saturated rings. The second-order valence-electron chi connectivity index (χ2n) is 7.08. The highest BCUT2D eigenvalue weighted by atomic mass is 19.1. The van der Waals surface area contributed by atoms with Crippen LogP contribution in [0.5, 0.6) is 0 Å². The Hall–Kier alpha value is -3.10. The molecule has 0 radical (unpaired) electrons. The maximum Gasteiger partial charge on any atom is 0.256 e. The molecule has 1 aliphatic carbocycles. The molecule has 27 heavy (non-hydrogen) atoms. The molecular formula is C18H19FN6O2. The maximum atomic E-state index is 13.0. The summed E-state index contributed by atoms with van der Waals surface area (Å²) in [6, 6.07) is -0.510. The minimum Gasteiger partial charge on any atom is -0.442 e. The van der Waals surface area contributed by atoms with Gasteiger partial charge in [-0.15, -0.1) is 0 Å². The van der Waals surface area contributed by atoms with Crippen LogP contribution in [-0.4, -0.2) is 31.4 Å². The normalized spacial score (nSPS) is 16.1. The monoisotopic (exact) mass is 370 g/mol. The Balaban J connectivity index is 1.66. The number of halogens is 1. The van der Waals surface area contributed by atoms with Gasteiger partial charge in [0.15, 0.2) is 5.82 Å². The molecular weight excluding hydrogens is 351 g/mol. The highest BCUT2D eigenvalue weighted by Gasteiger charge is 2.38. The van der Waals surface area contributed by atoms with Crippen molar-refractivity contribution in [1.82, 2.24) is 25.3 Å². The van der Waals surface area contributed by atoms with Crippen molar-refractivity contribution >= 4 is 22.8 Å². The molecule has 1 amide bonds. The van der Waals surface area contributed by atoms with Gasteiger partial charge in [-0.05, 0) is 33.6 Å². The number of aryl methyl sites for hydroxylation is 1. The summed E-state index contributed by atoms with van der Waals surface area (Å²) in [6.45, 7) is 5.53. The van der Waals surface area contributed by atoms with Gasteiger partial charge < -0.3 is 15.1 Å². The number of nitrogens with zero attached hydrogens (tertiary/aromatic N) is 4. The number of hydrogen-bond acceptors (Lipinski definition) is 7. The first-order valence-electron chi connectivity index (χ1n) is 8.67. The summed E-state index contributed by atoms with van der Waals surface area (Å²) in [7, 11) is 0. The van der Waals surface area contributed by atoms with E-state index in [1.807, 2.05) is 0 Å². The van der Waals surface area contributed by atoms with Crippen molar-refractivity contribution in [2.24, 2.45) is 0 Å². The molecule has 3 aromatic heterocycles. The lowest BCUT2D eigenvalue weighted by Crippen LogP contribution is -2.28. The molecule has 3 aromatic rings. The zero-order chi connectivity index (χ0) is 19.2. The molecule has 0 aromatic carbocycles. The lowest BCUT2D eigenvalue weighted by molar-refractivity contribution is 0.0938. The van der Waals surface area contributed by atoms with Crippen molar-refractivity contribution in [2.75, 3.05) is 5.32 Å². The van der Waals surface area contributed by atoms with Gasteiger partial charge in [-0.2, -0.15) is 0 Å². The summed E-state index contributed by atoms with van der Waals surface area (Å²) in [6.07, 6.45) is 5.62. The van der Waals surface area contributed by atoms with Crippen molar-refractivity contribution in [3.8, 4) is 0 Å². The van der Waals surface area contributed by atoms with Crippen molar-refractivity contribution < 1.29 is 13.6 Å². The fourth-order valence-electron chi connectivity index (χ4n) is 2.89. The summed E-state index contributed by atoms with van der Waals surface area (Å²) in [5.74, 6) is 0.447. The predicted molar refractivity (Wildman–Crippen MR) is 95.7 cm³/mol. The van der Waals surface area contributed by atoms with Crippen LogP contribution in [0.3, 0.4) is 0 Å². The number of carbonyl (C=O) groups is 1. The van der Waals surface area contributed by atoms with Crippen LogP contribution in [0.15, 0.2) is 23.1 Å². The molecule has 1 atom stereocenters. The molecule has 8 nitrogen and oxygen atoms in total. The van der Waals surface area contributed by atoms with E-state index in [2.05, 4.69) is 37.5 Å². The Kier molecular flexibility index (Phi) is 4.01. The number of carbonyl (C=O) groups excluding carboxylic acids is 1. The van der Waals surface area contributed by atoms with Gasteiger partial charge in [0.1, 0.15) is 23.7 Å². The zero-order valence-electron chi connectivity index (χ0n) is 15.2. The third kappa shape index (κ3) is 3.32. The molecule has 9 heteroatoms. The van der Waals surface area contributed by atoms with Crippen LogP contribution in [0.1, 0.15) is 54.7 Å². The lowest BCUT2D eigenvalue weighted by Gasteiger charge is -2.14. The number of fused-ring (bicyclic) bond motifs is 1. The largest absolute Gasteiger partial charge is 0.442 e. The third-order valence-corrected chi connectivity index (χ3v) is 4.69. The number of hydrogen-bond donors (Lipinski definition) is 2. The summed E-state index contributed by atoms with van der Waals surface area (Å²) < 4.78 is 18.7. The van der Waals surface area contributed by atoms with E-state index < -0.39 is 11.9 Å². The molecule has 0 aliphatic heterocycles. The van der Waals surface area contributed by atoms with Crippen LogP contribution >= 0.6 is 0 Å². The smallest absolute Gasteiger partial charge is 0.256 e. The molecule has 0 unspecified atom stereocenters. The van der Waals surface area contributed by atoms with Crippen LogP contribution in [0.2, 0.25) is 0 Å². The summed E-state index contributed by atoms with van der Waals surface area (Å²) in [5, 5.41) is 6.75. The van der Waals surface area contributed by atoms with E-state index >= 15 is 0 Å². The fraction of sp³-hybridized carbons (Fsp3) is 0.389. The summed E-state index contributed by atoms with van der Waals surface area (Å²) in [5.41, 5.74) is 0.700. The molecule has 2 N–H and O–H groups in total. The predicted octanol–water partition coefficient (Wildman–Crippen LogP) is 2.92. The molecule has 0 bridgehead atoms. The van der Waals surface area contributed by atoms with Crippen LogP contribution in [0, 0.1) is 12.7 Å².